The first kappa shape index (κ1) is 16.7. The number of thiazole rings is 1. The summed E-state index contributed by atoms with van der Waals surface area (Å²) < 4.78 is 1.84. The zero-order chi connectivity index (χ0) is 17.4. The summed E-state index contributed by atoms with van der Waals surface area (Å²) in [6.45, 7) is 6.35. The van der Waals surface area contributed by atoms with Gasteiger partial charge in [0.25, 0.3) is 0 Å². The van der Waals surface area contributed by atoms with Crippen molar-refractivity contribution in [1.29, 1.82) is 0 Å². The van der Waals surface area contributed by atoms with Crippen LogP contribution in [-0.4, -0.2) is 50.1 Å². The molecule has 0 N–H and O–H groups in total. The summed E-state index contributed by atoms with van der Waals surface area (Å²) in [5.41, 5.74) is 2.06. The number of rotatable bonds is 4. The van der Waals surface area contributed by atoms with Gasteiger partial charge in [-0.1, -0.05) is 0 Å². The lowest BCUT2D eigenvalue weighted by Crippen LogP contribution is -2.47. The third kappa shape index (κ3) is 3.35. The maximum absolute atomic E-state index is 13.2. The average Bonchev–Trinajstić information content (AvgIpc) is 3.25. The molecule has 2 aliphatic rings. The van der Waals surface area contributed by atoms with E-state index in [1.165, 1.54) is 5.56 Å². The van der Waals surface area contributed by atoms with E-state index in [2.05, 4.69) is 26.6 Å². The van der Waals surface area contributed by atoms with E-state index in [0.717, 1.165) is 56.1 Å². The van der Waals surface area contributed by atoms with Gasteiger partial charge in [0.15, 0.2) is 0 Å². The SMILES string of the molecule is Cc1nc(CN2CCC3(CCCN(Cc4cnn(C)c4)C3)C2=O)cs1. The van der Waals surface area contributed by atoms with E-state index in [1.807, 2.05) is 29.7 Å². The maximum atomic E-state index is 13.2. The Hall–Kier alpha value is -1.73. The van der Waals surface area contributed by atoms with Crippen molar-refractivity contribution in [1.82, 2.24) is 24.6 Å². The van der Waals surface area contributed by atoms with Crippen molar-refractivity contribution < 1.29 is 4.79 Å². The molecule has 25 heavy (non-hydrogen) atoms. The number of amides is 1. The second kappa shape index (κ2) is 6.53. The molecular formula is C18H25N5OS. The maximum Gasteiger partial charge on any atom is 0.230 e. The van der Waals surface area contributed by atoms with E-state index in [1.54, 1.807) is 11.3 Å². The van der Waals surface area contributed by atoms with Gasteiger partial charge in [-0.3, -0.25) is 14.4 Å². The van der Waals surface area contributed by atoms with Gasteiger partial charge in [-0.15, -0.1) is 11.3 Å². The molecule has 4 heterocycles. The molecule has 2 fully saturated rings. The quantitative estimate of drug-likeness (QED) is 0.840. The minimum absolute atomic E-state index is 0.189. The Morgan fingerprint density at radius 1 is 1.28 bits per heavy atom. The van der Waals surface area contributed by atoms with Crippen LogP contribution in [0.5, 0.6) is 0 Å². The van der Waals surface area contributed by atoms with Gasteiger partial charge in [0.05, 0.1) is 28.9 Å². The molecule has 1 unspecified atom stereocenters. The number of piperidine rings is 1. The predicted molar refractivity (Wildman–Crippen MR) is 97.0 cm³/mol. The third-order valence-electron chi connectivity index (χ3n) is 5.44. The summed E-state index contributed by atoms with van der Waals surface area (Å²) in [6, 6.07) is 0. The first-order valence-corrected chi connectivity index (χ1v) is 9.82. The van der Waals surface area contributed by atoms with Gasteiger partial charge in [-0.2, -0.15) is 5.10 Å². The average molecular weight is 359 g/mol. The first-order valence-electron chi connectivity index (χ1n) is 8.94. The molecule has 6 nitrogen and oxygen atoms in total. The molecule has 1 atom stereocenters. The summed E-state index contributed by atoms with van der Waals surface area (Å²) in [7, 11) is 1.94. The Morgan fingerprint density at radius 3 is 2.88 bits per heavy atom. The molecule has 0 aliphatic carbocycles. The summed E-state index contributed by atoms with van der Waals surface area (Å²) in [4.78, 5) is 22.1. The lowest BCUT2D eigenvalue weighted by molar-refractivity contribution is -0.139. The zero-order valence-electron chi connectivity index (χ0n) is 14.9. The second-order valence-corrected chi connectivity index (χ2v) is 8.51. The first-order chi connectivity index (χ1) is 12.0. The lowest BCUT2D eigenvalue weighted by Gasteiger charge is -2.38. The van der Waals surface area contributed by atoms with Gasteiger partial charge >= 0.3 is 0 Å². The van der Waals surface area contributed by atoms with Crippen LogP contribution >= 0.6 is 11.3 Å². The Morgan fingerprint density at radius 2 is 2.16 bits per heavy atom. The zero-order valence-corrected chi connectivity index (χ0v) is 15.8. The Labute approximate surface area is 152 Å². The van der Waals surface area contributed by atoms with Crippen molar-refractivity contribution in [2.24, 2.45) is 12.5 Å². The number of carbonyl (C=O) groups excluding carboxylic acids is 1. The molecule has 0 radical (unpaired) electrons. The number of likely N-dealkylation sites (tertiary alicyclic amines) is 2. The molecule has 134 valence electrons. The molecule has 1 amide bonds. The fraction of sp³-hybridized carbons (Fsp3) is 0.611. The molecule has 2 aromatic rings. The van der Waals surface area contributed by atoms with E-state index in [9.17, 15) is 4.79 Å². The number of aryl methyl sites for hydroxylation is 2. The summed E-state index contributed by atoms with van der Waals surface area (Å²) in [6.07, 6.45) is 7.07. The number of aromatic nitrogens is 3. The molecule has 4 rings (SSSR count). The van der Waals surface area contributed by atoms with Crippen LogP contribution in [0, 0.1) is 12.3 Å². The highest BCUT2D eigenvalue weighted by Crippen LogP contribution is 2.41. The topological polar surface area (TPSA) is 54.3 Å². The number of carbonyl (C=O) groups is 1. The molecule has 7 heteroatoms. The van der Waals surface area contributed by atoms with Crippen molar-refractivity contribution in [2.75, 3.05) is 19.6 Å². The van der Waals surface area contributed by atoms with Gasteiger partial charge in [0.2, 0.25) is 5.91 Å². The van der Waals surface area contributed by atoms with Crippen LogP contribution in [0.4, 0.5) is 0 Å². The van der Waals surface area contributed by atoms with Crippen LogP contribution in [0.2, 0.25) is 0 Å². The smallest absolute Gasteiger partial charge is 0.230 e. The minimum Gasteiger partial charge on any atom is -0.336 e. The molecule has 0 aromatic carbocycles. The normalized spacial score (nSPS) is 24.6. The number of nitrogens with zero attached hydrogens (tertiary/aromatic N) is 5. The molecule has 2 saturated heterocycles. The third-order valence-corrected chi connectivity index (χ3v) is 6.26. The van der Waals surface area contributed by atoms with Crippen LogP contribution < -0.4 is 0 Å². The van der Waals surface area contributed by atoms with Crippen molar-refractivity contribution >= 4 is 17.2 Å². The largest absolute Gasteiger partial charge is 0.336 e. The van der Waals surface area contributed by atoms with Gasteiger partial charge in [-0.25, -0.2) is 4.98 Å². The van der Waals surface area contributed by atoms with Crippen LogP contribution in [0.15, 0.2) is 17.8 Å². The van der Waals surface area contributed by atoms with E-state index in [-0.39, 0.29) is 5.41 Å². The predicted octanol–water partition coefficient (Wildman–Crippen LogP) is 2.20. The molecule has 0 bridgehead atoms. The monoisotopic (exact) mass is 359 g/mol. The van der Waals surface area contributed by atoms with Crippen LogP contribution in [0.1, 0.15) is 35.5 Å². The molecule has 0 saturated carbocycles. The molecule has 2 aromatic heterocycles. The summed E-state index contributed by atoms with van der Waals surface area (Å²) in [5, 5.41) is 7.39. The van der Waals surface area contributed by atoms with E-state index < -0.39 is 0 Å². The van der Waals surface area contributed by atoms with Crippen molar-refractivity contribution in [2.45, 2.75) is 39.3 Å². The number of hydrogen-bond donors (Lipinski definition) is 0. The highest BCUT2D eigenvalue weighted by atomic mass is 32.1. The number of hydrogen-bond acceptors (Lipinski definition) is 5. The Balaban J connectivity index is 1.43. The lowest BCUT2D eigenvalue weighted by atomic mass is 9.78. The van der Waals surface area contributed by atoms with Gasteiger partial charge in [-0.05, 0) is 32.7 Å². The van der Waals surface area contributed by atoms with Crippen molar-refractivity contribution in [3.05, 3.63) is 34.0 Å². The highest BCUT2D eigenvalue weighted by molar-refractivity contribution is 7.09. The second-order valence-electron chi connectivity index (χ2n) is 7.45. The molecule has 2 aliphatic heterocycles. The fourth-order valence-corrected chi connectivity index (χ4v) is 4.88. The minimum atomic E-state index is -0.189. The summed E-state index contributed by atoms with van der Waals surface area (Å²) in [5.74, 6) is 0.328. The highest BCUT2D eigenvalue weighted by Gasteiger charge is 2.48. The van der Waals surface area contributed by atoms with Crippen molar-refractivity contribution in [3.63, 3.8) is 0 Å². The van der Waals surface area contributed by atoms with E-state index in [4.69, 9.17) is 0 Å². The van der Waals surface area contributed by atoms with Crippen molar-refractivity contribution in [3.8, 4) is 0 Å². The fourth-order valence-electron chi connectivity index (χ4n) is 4.27. The summed E-state index contributed by atoms with van der Waals surface area (Å²) >= 11 is 1.65. The van der Waals surface area contributed by atoms with Crippen LogP contribution in [0.25, 0.3) is 0 Å². The van der Waals surface area contributed by atoms with Crippen LogP contribution in [-0.2, 0) is 24.9 Å². The van der Waals surface area contributed by atoms with Crippen LogP contribution in [0.3, 0.4) is 0 Å². The standard InChI is InChI=1S/C18H25N5OS/c1-14-20-16(12-25-14)11-23-7-5-18(17(23)24)4-3-6-22(13-18)10-15-8-19-21(2)9-15/h8-9,12H,3-7,10-11,13H2,1-2H3. The van der Waals surface area contributed by atoms with Gasteiger partial charge in [0.1, 0.15) is 0 Å². The molecule has 1 spiro atoms. The Kier molecular flexibility index (Phi) is 4.37. The Bertz CT molecular complexity index is 769. The van der Waals surface area contributed by atoms with E-state index >= 15 is 0 Å². The van der Waals surface area contributed by atoms with Gasteiger partial charge < -0.3 is 4.90 Å². The van der Waals surface area contributed by atoms with Gasteiger partial charge in [0, 0.05) is 43.8 Å². The molecular weight excluding hydrogens is 334 g/mol. The van der Waals surface area contributed by atoms with E-state index in [0.29, 0.717) is 12.5 Å².